The summed E-state index contributed by atoms with van der Waals surface area (Å²) in [4.78, 5) is 51.7. The van der Waals surface area contributed by atoms with Crippen molar-refractivity contribution >= 4 is 41.5 Å². The molecule has 50 heavy (non-hydrogen) atoms. The van der Waals surface area contributed by atoms with E-state index in [4.69, 9.17) is 9.47 Å². The van der Waals surface area contributed by atoms with Gasteiger partial charge in [0.05, 0.1) is 12.8 Å². The number of rotatable bonds is 9. The van der Waals surface area contributed by atoms with E-state index in [1.807, 2.05) is 26.0 Å². The number of ether oxygens (including phenoxy) is 2. The molecule has 2 aliphatic heterocycles. The number of carbonyl (C=O) groups is 3. The van der Waals surface area contributed by atoms with Gasteiger partial charge in [-0.3, -0.25) is 14.4 Å². The highest BCUT2D eigenvalue weighted by molar-refractivity contribution is 6.24. The van der Waals surface area contributed by atoms with Crippen LogP contribution >= 0.6 is 0 Å². The fraction of sp³-hybridized carbons (Fsp3) is 0.439. The van der Waals surface area contributed by atoms with Gasteiger partial charge in [0, 0.05) is 75.0 Å². The molecule has 8 bridgehead atoms. The minimum Gasteiger partial charge on any atom is -0.468 e. The van der Waals surface area contributed by atoms with Gasteiger partial charge in [-0.1, -0.05) is 39.0 Å². The molecule has 1 fully saturated rings. The fourth-order valence-corrected chi connectivity index (χ4v) is 8.15. The van der Waals surface area contributed by atoms with E-state index in [1.54, 1.807) is 0 Å². The van der Waals surface area contributed by atoms with Crippen molar-refractivity contribution < 1.29 is 23.9 Å². The Hall–Kier alpha value is -4.79. The van der Waals surface area contributed by atoms with E-state index >= 15 is 0 Å². The van der Waals surface area contributed by atoms with E-state index in [9.17, 15) is 14.4 Å². The summed E-state index contributed by atoms with van der Waals surface area (Å²) in [6, 6.07) is -0.164. The third kappa shape index (κ3) is 5.90. The van der Waals surface area contributed by atoms with E-state index in [1.165, 1.54) is 23.8 Å². The summed E-state index contributed by atoms with van der Waals surface area (Å²) in [5, 5.41) is 5.70. The number of Topliss-reactive ketones (excluding diaryl/α,β-unsaturated/α-hetero) is 1. The molecule has 4 N–H and O–H groups in total. The molecule has 3 aliphatic rings. The smallest absolute Gasteiger partial charge is 0.321 e. The van der Waals surface area contributed by atoms with Crippen LogP contribution in [-0.4, -0.2) is 52.4 Å². The molecule has 0 amide bonds. The lowest BCUT2D eigenvalue weighted by Gasteiger charge is -2.20. The van der Waals surface area contributed by atoms with Gasteiger partial charge in [0.25, 0.3) is 0 Å². The second-order valence-corrected chi connectivity index (χ2v) is 14.0. The maximum Gasteiger partial charge on any atom is 0.321 e. The van der Waals surface area contributed by atoms with Crippen molar-refractivity contribution in [3.05, 3.63) is 90.8 Å². The monoisotopic (exact) mass is 678 g/mol. The number of hydrogen-bond acceptors (Lipinski definition) is 6. The molecule has 1 unspecified atom stereocenters. The highest BCUT2D eigenvalue weighted by atomic mass is 16.5. The van der Waals surface area contributed by atoms with Crippen molar-refractivity contribution in [2.45, 2.75) is 86.6 Å². The number of esters is 2. The summed E-state index contributed by atoms with van der Waals surface area (Å²) in [6.45, 7) is 19.0. The normalized spacial score (nSPS) is 23.9. The molecule has 0 saturated carbocycles. The summed E-state index contributed by atoms with van der Waals surface area (Å²) in [5.74, 6) is -2.39. The number of hydrogen-bond donors (Lipinski definition) is 4. The second-order valence-electron chi connectivity index (χ2n) is 14.0. The number of fused-ring (bicyclic) bond motifs is 7. The standard InChI is InChI=1S/C41H50N4O5/c1-10-20(4)15-16-50-34(46)14-13-27-23(7)30-17-28-21(5)25(11-2)32(42-28)18-29-22(6)26(12-3)33(43-29)19-31-24(8)35-39(45-31)36(38(27)44-30)37(40(35)47)41(48)49-9/h11,15,17-18,23,27,30,37,42-45H,2,10,12-14,16,19H2,1,3-9H3/b20-15+,28-17-,32-18-,38-36-/t23-,27-,30?,37+/m0/s1. The minimum absolute atomic E-state index is 0.0124. The number of carbonyl (C=O) groups excluding carboxylic acids is 3. The number of H-pyrrole nitrogens is 3. The van der Waals surface area contributed by atoms with Crippen molar-refractivity contribution in [2.24, 2.45) is 17.8 Å². The predicted molar refractivity (Wildman–Crippen MR) is 197 cm³/mol. The van der Waals surface area contributed by atoms with E-state index in [0.29, 0.717) is 29.7 Å². The maximum absolute atomic E-state index is 14.2. The Morgan fingerprint density at radius 3 is 2.48 bits per heavy atom. The first-order valence-corrected chi connectivity index (χ1v) is 17.8. The van der Waals surface area contributed by atoms with E-state index < -0.39 is 11.9 Å². The number of allylic oxidation sites excluding steroid dienone is 2. The van der Waals surface area contributed by atoms with Gasteiger partial charge >= 0.3 is 11.9 Å². The van der Waals surface area contributed by atoms with E-state index in [0.717, 1.165) is 63.0 Å². The zero-order valence-electron chi connectivity index (χ0n) is 30.6. The fourth-order valence-electron chi connectivity index (χ4n) is 8.15. The zero-order chi connectivity index (χ0) is 36.0. The lowest BCUT2D eigenvalue weighted by molar-refractivity contribution is -0.143. The molecule has 0 aromatic carbocycles. The van der Waals surface area contributed by atoms with Gasteiger partial charge in [-0.15, -0.1) is 0 Å². The molecule has 1 aliphatic carbocycles. The summed E-state index contributed by atoms with van der Waals surface area (Å²) >= 11 is 0. The highest BCUT2D eigenvalue weighted by Crippen LogP contribution is 2.47. The van der Waals surface area contributed by atoms with E-state index in [-0.39, 0.29) is 42.7 Å². The van der Waals surface area contributed by atoms with Gasteiger partial charge < -0.3 is 29.7 Å². The molecule has 0 spiro atoms. The van der Waals surface area contributed by atoms with Gasteiger partial charge in [0.1, 0.15) is 12.5 Å². The van der Waals surface area contributed by atoms with Crippen LogP contribution < -0.4 is 16.0 Å². The topological polar surface area (TPSA) is 129 Å². The average molecular weight is 679 g/mol. The first kappa shape index (κ1) is 35.1. The minimum atomic E-state index is -1.11. The van der Waals surface area contributed by atoms with Crippen LogP contribution in [0.5, 0.6) is 0 Å². The number of methoxy groups -OCH3 is 1. The Morgan fingerprint density at radius 2 is 1.80 bits per heavy atom. The highest BCUT2D eigenvalue weighted by Gasteiger charge is 2.49. The summed E-state index contributed by atoms with van der Waals surface area (Å²) in [5.41, 5.74) is 12.2. The quantitative estimate of drug-likeness (QED) is 0.132. The Bertz CT molecular complexity index is 2080. The van der Waals surface area contributed by atoms with Crippen molar-refractivity contribution in [3.8, 4) is 0 Å². The van der Waals surface area contributed by atoms with Gasteiger partial charge in [0.15, 0.2) is 5.78 Å². The zero-order valence-corrected chi connectivity index (χ0v) is 30.6. The molecule has 4 atom stereocenters. The van der Waals surface area contributed by atoms with Crippen molar-refractivity contribution in [2.75, 3.05) is 13.7 Å². The Balaban J connectivity index is 1.56. The van der Waals surface area contributed by atoms with Crippen molar-refractivity contribution in [1.82, 2.24) is 20.3 Å². The van der Waals surface area contributed by atoms with Crippen LogP contribution in [0.2, 0.25) is 0 Å². The van der Waals surface area contributed by atoms with Gasteiger partial charge in [-0.25, -0.2) is 0 Å². The first-order valence-electron chi connectivity index (χ1n) is 17.8. The largest absolute Gasteiger partial charge is 0.468 e. The molecule has 9 heteroatoms. The molecule has 6 rings (SSSR count). The van der Waals surface area contributed by atoms with Crippen LogP contribution in [0.4, 0.5) is 0 Å². The molecule has 3 aromatic rings. The molecule has 5 heterocycles. The average Bonchev–Trinajstić information content (AvgIpc) is 3.84. The molecule has 3 aromatic heterocycles. The molecule has 9 nitrogen and oxygen atoms in total. The van der Waals surface area contributed by atoms with Crippen LogP contribution in [0.3, 0.4) is 0 Å². The third-order valence-corrected chi connectivity index (χ3v) is 11.4. The summed E-state index contributed by atoms with van der Waals surface area (Å²) < 4.78 is 10.8. The molecule has 0 radical (unpaired) electrons. The van der Waals surface area contributed by atoms with Crippen LogP contribution in [0.1, 0.15) is 108 Å². The van der Waals surface area contributed by atoms with Crippen LogP contribution in [0, 0.1) is 38.5 Å². The number of ketones is 1. The van der Waals surface area contributed by atoms with Gasteiger partial charge in [0.2, 0.25) is 0 Å². The molecular weight excluding hydrogens is 628 g/mol. The molecule has 1 saturated heterocycles. The van der Waals surface area contributed by atoms with Crippen molar-refractivity contribution in [3.63, 3.8) is 0 Å². The number of aromatic amines is 3. The van der Waals surface area contributed by atoms with Crippen LogP contribution in [-0.2, 0) is 31.9 Å². The van der Waals surface area contributed by atoms with Gasteiger partial charge in [-0.05, 0) is 93.4 Å². The SMILES string of the molecule is C=Cc1c(C)/c2[nH]/c1=C\c1[nH]c(c(CC)c1C)Cc1[nH]c3c(c1C)C(=O)[C@H](C(=O)OC)/C3=C1/NC(\C=2)[C@@H](C)[C@@H]1CCC(=O)OC/C=C(\C)CC. The summed E-state index contributed by atoms with van der Waals surface area (Å²) in [7, 11) is 1.32. The van der Waals surface area contributed by atoms with Crippen LogP contribution in [0.15, 0.2) is 23.9 Å². The maximum atomic E-state index is 14.2. The van der Waals surface area contributed by atoms with Crippen LogP contribution in [0.25, 0.3) is 23.8 Å². The first-order chi connectivity index (χ1) is 23.9. The second kappa shape index (κ2) is 13.8. The number of aromatic nitrogens is 3. The lowest BCUT2D eigenvalue weighted by Crippen LogP contribution is -2.28. The van der Waals surface area contributed by atoms with Gasteiger partial charge in [-0.2, -0.15) is 0 Å². The Labute approximate surface area is 294 Å². The van der Waals surface area contributed by atoms with E-state index in [2.05, 4.69) is 73.6 Å². The Kier molecular flexibility index (Phi) is 9.71. The third-order valence-electron chi connectivity index (χ3n) is 11.4. The molecule has 264 valence electrons. The summed E-state index contributed by atoms with van der Waals surface area (Å²) in [6.07, 6.45) is 11.2. The number of nitrogens with one attached hydrogen (secondary N) is 4. The lowest BCUT2D eigenvalue weighted by atomic mass is 9.83. The van der Waals surface area contributed by atoms with Crippen molar-refractivity contribution in [1.29, 1.82) is 0 Å². The predicted octanol–water partition coefficient (Wildman–Crippen LogP) is 5.62. The Morgan fingerprint density at radius 1 is 1.04 bits per heavy atom. The molecular formula is C41H50N4O5.